The average Bonchev–Trinajstić information content (AvgIpc) is 2.92. The van der Waals surface area contributed by atoms with Crippen LogP contribution in [0, 0.1) is 5.92 Å². The molecule has 4 nitrogen and oxygen atoms in total. The Bertz CT molecular complexity index is 387. The predicted molar refractivity (Wildman–Crippen MR) is 67.9 cm³/mol. The number of rotatable bonds is 4. The van der Waals surface area contributed by atoms with Gasteiger partial charge in [0.25, 0.3) is 5.91 Å². The first-order chi connectivity index (χ1) is 8.68. The Morgan fingerprint density at radius 3 is 2.78 bits per heavy atom. The number of nitrogens with one attached hydrogen (secondary N) is 1. The van der Waals surface area contributed by atoms with Gasteiger partial charge >= 0.3 is 0 Å². The van der Waals surface area contributed by atoms with E-state index in [1.807, 2.05) is 13.0 Å². The summed E-state index contributed by atoms with van der Waals surface area (Å²) in [5.74, 6) is -0.00229. The van der Waals surface area contributed by atoms with Crippen molar-refractivity contribution in [2.45, 2.75) is 25.5 Å². The van der Waals surface area contributed by atoms with Gasteiger partial charge in [-0.05, 0) is 18.9 Å². The molecule has 1 amide bonds. The minimum absolute atomic E-state index is 0.0263. The van der Waals surface area contributed by atoms with Gasteiger partial charge in [-0.1, -0.05) is 30.3 Å². The second-order valence-electron chi connectivity index (χ2n) is 4.73. The molecule has 2 rings (SSSR count). The highest BCUT2D eigenvalue weighted by atomic mass is 16.5. The van der Waals surface area contributed by atoms with Crippen LogP contribution in [0.15, 0.2) is 30.3 Å². The van der Waals surface area contributed by atoms with Gasteiger partial charge in [-0.15, -0.1) is 0 Å². The Kier molecular flexibility index (Phi) is 4.33. The second-order valence-corrected chi connectivity index (χ2v) is 4.73. The Hall–Kier alpha value is -1.39. The first-order valence-electron chi connectivity index (χ1n) is 6.29. The van der Waals surface area contributed by atoms with Crippen LogP contribution in [0.5, 0.6) is 0 Å². The quantitative estimate of drug-likeness (QED) is 0.844. The van der Waals surface area contributed by atoms with Crippen LogP contribution in [0.1, 0.15) is 25.0 Å². The molecule has 3 atom stereocenters. The molecule has 3 unspecified atom stereocenters. The molecule has 2 N–H and O–H groups in total. The molecule has 1 aliphatic rings. The van der Waals surface area contributed by atoms with Crippen molar-refractivity contribution in [2.75, 3.05) is 13.2 Å². The Morgan fingerprint density at radius 2 is 2.17 bits per heavy atom. The van der Waals surface area contributed by atoms with Crippen molar-refractivity contribution in [3.63, 3.8) is 0 Å². The molecule has 0 aliphatic carbocycles. The highest BCUT2D eigenvalue weighted by Crippen LogP contribution is 2.18. The standard InChI is InChI=1S/C14H19NO3/c1-10(12-7-8-18-9-12)15-14(17)13(16)11-5-3-2-4-6-11/h2-6,10,12-13,16H,7-9H2,1H3,(H,15,17). The average molecular weight is 249 g/mol. The SMILES string of the molecule is CC(NC(=O)C(O)c1ccccc1)C1CCOC1. The molecule has 1 saturated heterocycles. The minimum Gasteiger partial charge on any atom is -0.381 e. The maximum Gasteiger partial charge on any atom is 0.253 e. The summed E-state index contributed by atoms with van der Waals surface area (Å²) in [7, 11) is 0. The number of hydrogen-bond donors (Lipinski definition) is 2. The van der Waals surface area contributed by atoms with Crippen molar-refractivity contribution in [2.24, 2.45) is 5.92 Å². The summed E-state index contributed by atoms with van der Waals surface area (Å²) >= 11 is 0. The van der Waals surface area contributed by atoms with E-state index >= 15 is 0 Å². The summed E-state index contributed by atoms with van der Waals surface area (Å²) in [5, 5.41) is 12.8. The van der Waals surface area contributed by atoms with Gasteiger partial charge in [-0.25, -0.2) is 0 Å². The number of benzene rings is 1. The first-order valence-corrected chi connectivity index (χ1v) is 6.29. The van der Waals surface area contributed by atoms with Crippen molar-refractivity contribution in [3.05, 3.63) is 35.9 Å². The first kappa shape index (κ1) is 13.1. The van der Waals surface area contributed by atoms with Crippen LogP contribution in [-0.2, 0) is 9.53 Å². The topological polar surface area (TPSA) is 58.6 Å². The fourth-order valence-corrected chi connectivity index (χ4v) is 2.15. The molecule has 1 aromatic rings. The Labute approximate surface area is 107 Å². The van der Waals surface area contributed by atoms with E-state index in [-0.39, 0.29) is 11.9 Å². The van der Waals surface area contributed by atoms with Crippen LogP contribution >= 0.6 is 0 Å². The predicted octanol–water partition coefficient (Wildman–Crippen LogP) is 1.26. The monoisotopic (exact) mass is 249 g/mol. The van der Waals surface area contributed by atoms with Crippen molar-refractivity contribution in [1.29, 1.82) is 0 Å². The zero-order chi connectivity index (χ0) is 13.0. The summed E-state index contributed by atoms with van der Waals surface area (Å²) in [6.45, 7) is 3.39. The minimum atomic E-state index is -1.10. The molecule has 4 heteroatoms. The Balaban J connectivity index is 1.91. The van der Waals surface area contributed by atoms with E-state index in [4.69, 9.17) is 4.74 Å². The van der Waals surface area contributed by atoms with E-state index in [9.17, 15) is 9.90 Å². The molecule has 1 fully saturated rings. The number of aliphatic hydroxyl groups is 1. The van der Waals surface area contributed by atoms with Crippen molar-refractivity contribution in [1.82, 2.24) is 5.32 Å². The highest BCUT2D eigenvalue weighted by molar-refractivity contribution is 5.82. The molecule has 0 saturated carbocycles. The maximum absolute atomic E-state index is 11.9. The third kappa shape index (κ3) is 3.09. The molecule has 0 bridgehead atoms. The van der Waals surface area contributed by atoms with Crippen molar-refractivity contribution in [3.8, 4) is 0 Å². The van der Waals surface area contributed by atoms with E-state index < -0.39 is 6.10 Å². The molecule has 0 radical (unpaired) electrons. The van der Waals surface area contributed by atoms with Crippen LogP contribution in [0.3, 0.4) is 0 Å². The number of carbonyl (C=O) groups is 1. The summed E-state index contributed by atoms with van der Waals surface area (Å²) in [5.41, 5.74) is 0.616. The van der Waals surface area contributed by atoms with E-state index in [2.05, 4.69) is 5.32 Å². The number of amides is 1. The summed E-state index contributed by atoms with van der Waals surface area (Å²) in [4.78, 5) is 11.9. The van der Waals surface area contributed by atoms with Crippen LogP contribution < -0.4 is 5.32 Å². The third-order valence-corrected chi connectivity index (χ3v) is 3.41. The molecule has 1 heterocycles. The number of hydrogen-bond acceptors (Lipinski definition) is 3. The van der Waals surface area contributed by atoms with E-state index in [0.29, 0.717) is 18.1 Å². The van der Waals surface area contributed by atoms with E-state index in [0.717, 1.165) is 13.0 Å². The van der Waals surface area contributed by atoms with E-state index in [1.54, 1.807) is 24.3 Å². The molecule has 1 aromatic carbocycles. The van der Waals surface area contributed by atoms with Gasteiger partial charge in [0, 0.05) is 18.6 Å². The molecule has 0 aromatic heterocycles. The second kappa shape index (κ2) is 5.98. The molecular formula is C14H19NO3. The smallest absolute Gasteiger partial charge is 0.253 e. The fraction of sp³-hybridized carbons (Fsp3) is 0.500. The zero-order valence-electron chi connectivity index (χ0n) is 10.5. The number of ether oxygens (including phenoxy) is 1. The van der Waals surface area contributed by atoms with Gasteiger partial charge in [0.1, 0.15) is 0 Å². The lowest BCUT2D eigenvalue weighted by atomic mass is 10.00. The number of aliphatic hydroxyl groups excluding tert-OH is 1. The van der Waals surface area contributed by atoms with Crippen molar-refractivity contribution < 1.29 is 14.6 Å². The lowest BCUT2D eigenvalue weighted by Gasteiger charge is -2.21. The summed E-state index contributed by atoms with van der Waals surface area (Å²) < 4.78 is 5.29. The largest absolute Gasteiger partial charge is 0.381 e. The molecule has 98 valence electrons. The van der Waals surface area contributed by atoms with Crippen LogP contribution in [0.2, 0.25) is 0 Å². The third-order valence-electron chi connectivity index (χ3n) is 3.41. The lowest BCUT2D eigenvalue weighted by molar-refractivity contribution is -0.130. The molecule has 1 aliphatic heterocycles. The lowest BCUT2D eigenvalue weighted by Crippen LogP contribution is -2.40. The highest BCUT2D eigenvalue weighted by Gasteiger charge is 2.26. The van der Waals surface area contributed by atoms with Crippen molar-refractivity contribution >= 4 is 5.91 Å². The summed E-state index contributed by atoms with van der Waals surface area (Å²) in [6, 6.07) is 8.98. The Morgan fingerprint density at radius 1 is 1.44 bits per heavy atom. The van der Waals surface area contributed by atoms with Gasteiger partial charge in [0.15, 0.2) is 6.10 Å². The summed E-state index contributed by atoms with van der Waals surface area (Å²) in [6.07, 6.45) is -0.140. The zero-order valence-corrected chi connectivity index (χ0v) is 10.5. The number of carbonyl (C=O) groups excluding carboxylic acids is 1. The van der Waals surface area contributed by atoms with Crippen LogP contribution in [0.25, 0.3) is 0 Å². The van der Waals surface area contributed by atoms with E-state index in [1.165, 1.54) is 0 Å². The molecular weight excluding hydrogens is 230 g/mol. The van der Waals surface area contributed by atoms with Gasteiger partial charge in [0.05, 0.1) is 6.61 Å². The van der Waals surface area contributed by atoms with Gasteiger partial charge in [0.2, 0.25) is 0 Å². The normalized spacial score (nSPS) is 22.4. The maximum atomic E-state index is 11.9. The van der Waals surface area contributed by atoms with Gasteiger partial charge in [-0.3, -0.25) is 4.79 Å². The fourth-order valence-electron chi connectivity index (χ4n) is 2.15. The van der Waals surface area contributed by atoms with Gasteiger partial charge in [-0.2, -0.15) is 0 Å². The molecule has 18 heavy (non-hydrogen) atoms. The van der Waals surface area contributed by atoms with Gasteiger partial charge < -0.3 is 15.2 Å². The molecule has 0 spiro atoms. The van der Waals surface area contributed by atoms with Crippen LogP contribution in [-0.4, -0.2) is 30.3 Å². The van der Waals surface area contributed by atoms with Crippen LogP contribution in [0.4, 0.5) is 0 Å².